The lowest BCUT2D eigenvalue weighted by molar-refractivity contribution is 0.541. The van der Waals surface area contributed by atoms with E-state index in [-0.39, 0.29) is 0 Å². The topological polar surface area (TPSA) is 42.1 Å². The number of hydrogen-bond donors (Lipinski definition) is 1. The van der Waals surface area contributed by atoms with Crippen LogP contribution in [0.3, 0.4) is 0 Å². The monoisotopic (exact) mass is 167 g/mol. The molecule has 2 heterocycles. The molecule has 0 atom stereocenters. The minimum absolute atomic E-state index is 0.376. The van der Waals surface area contributed by atoms with Crippen molar-refractivity contribution in [1.29, 1.82) is 0 Å². The molecule has 2 rings (SSSR count). The summed E-state index contributed by atoms with van der Waals surface area (Å²) >= 11 is 4.75. The average molecular weight is 167 g/mol. The summed E-state index contributed by atoms with van der Waals surface area (Å²) in [6.45, 7) is 0. The SMILES string of the molecule is S=c1[nH]c(-c2ccoc2)co1. The van der Waals surface area contributed by atoms with Gasteiger partial charge in [-0.05, 0) is 18.3 Å². The van der Waals surface area contributed by atoms with Crippen molar-refractivity contribution in [3.63, 3.8) is 0 Å². The fraction of sp³-hybridized carbons (Fsp3) is 0. The predicted octanol–water partition coefficient (Wildman–Crippen LogP) is 2.60. The third-order valence-electron chi connectivity index (χ3n) is 1.35. The number of aromatic nitrogens is 1. The first-order valence-electron chi connectivity index (χ1n) is 3.06. The minimum atomic E-state index is 0.376. The summed E-state index contributed by atoms with van der Waals surface area (Å²) < 4.78 is 9.79. The van der Waals surface area contributed by atoms with Gasteiger partial charge in [0.2, 0.25) is 0 Å². The highest BCUT2D eigenvalue weighted by molar-refractivity contribution is 7.71. The zero-order chi connectivity index (χ0) is 7.68. The highest BCUT2D eigenvalue weighted by atomic mass is 32.1. The van der Waals surface area contributed by atoms with Crippen molar-refractivity contribution in [3.05, 3.63) is 29.7 Å². The van der Waals surface area contributed by atoms with E-state index in [0.717, 1.165) is 11.3 Å². The fourth-order valence-electron chi connectivity index (χ4n) is 0.839. The zero-order valence-electron chi connectivity index (χ0n) is 5.53. The molecule has 0 aliphatic heterocycles. The molecule has 0 saturated carbocycles. The Hall–Kier alpha value is -1.29. The first-order valence-corrected chi connectivity index (χ1v) is 3.47. The van der Waals surface area contributed by atoms with E-state index < -0.39 is 0 Å². The van der Waals surface area contributed by atoms with Crippen molar-refractivity contribution >= 4 is 12.2 Å². The Bertz CT molecular complexity index is 384. The van der Waals surface area contributed by atoms with Crippen LogP contribution >= 0.6 is 12.2 Å². The molecule has 4 heteroatoms. The van der Waals surface area contributed by atoms with Gasteiger partial charge in [0.1, 0.15) is 6.26 Å². The number of H-pyrrole nitrogens is 1. The van der Waals surface area contributed by atoms with Crippen molar-refractivity contribution in [3.8, 4) is 11.3 Å². The molecule has 1 N–H and O–H groups in total. The van der Waals surface area contributed by atoms with Gasteiger partial charge in [-0.2, -0.15) is 0 Å². The first-order chi connectivity index (χ1) is 5.36. The van der Waals surface area contributed by atoms with Crippen LogP contribution in [0.1, 0.15) is 0 Å². The largest absolute Gasteiger partial charge is 0.472 e. The standard InChI is InChI=1S/C7H5NO2S/c11-7-8-6(4-10-7)5-1-2-9-3-5/h1-4H,(H,8,11). The summed E-state index contributed by atoms with van der Waals surface area (Å²) in [7, 11) is 0. The van der Waals surface area contributed by atoms with Crippen molar-refractivity contribution in [2.24, 2.45) is 0 Å². The smallest absolute Gasteiger partial charge is 0.266 e. The van der Waals surface area contributed by atoms with Crippen molar-refractivity contribution in [2.45, 2.75) is 0 Å². The molecule has 0 bridgehead atoms. The van der Waals surface area contributed by atoms with Gasteiger partial charge < -0.3 is 13.8 Å². The Labute approximate surface area is 67.7 Å². The van der Waals surface area contributed by atoms with E-state index in [9.17, 15) is 0 Å². The van der Waals surface area contributed by atoms with Crippen LogP contribution in [0.4, 0.5) is 0 Å². The van der Waals surface area contributed by atoms with Crippen LogP contribution in [0.5, 0.6) is 0 Å². The number of rotatable bonds is 1. The maximum Gasteiger partial charge on any atom is 0.266 e. The van der Waals surface area contributed by atoms with Crippen molar-refractivity contribution in [2.75, 3.05) is 0 Å². The second-order valence-corrected chi connectivity index (χ2v) is 2.44. The van der Waals surface area contributed by atoms with Gasteiger partial charge in [-0.25, -0.2) is 0 Å². The zero-order valence-corrected chi connectivity index (χ0v) is 6.35. The number of aromatic amines is 1. The third kappa shape index (κ3) is 1.12. The maximum absolute atomic E-state index is 4.91. The number of furan rings is 1. The summed E-state index contributed by atoms with van der Waals surface area (Å²) in [6.07, 6.45) is 4.78. The maximum atomic E-state index is 4.91. The minimum Gasteiger partial charge on any atom is -0.472 e. The van der Waals surface area contributed by atoms with Gasteiger partial charge in [-0.3, -0.25) is 0 Å². The molecule has 56 valence electrons. The van der Waals surface area contributed by atoms with E-state index in [1.165, 1.54) is 0 Å². The van der Waals surface area contributed by atoms with Crippen molar-refractivity contribution in [1.82, 2.24) is 4.98 Å². The lowest BCUT2D eigenvalue weighted by Gasteiger charge is -1.82. The Morgan fingerprint density at radius 3 is 2.82 bits per heavy atom. The molecule has 0 spiro atoms. The van der Waals surface area contributed by atoms with Crippen LogP contribution in [0.25, 0.3) is 11.3 Å². The Morgan fingerprint density at radius 2 is 2.27 bits per heavy atom. The molecule has 2 aromatic rings. The van der Waals surface area contributed by atoms with Crippen LogP contribution in [0.15, 0.2) is 33.7 Å². The highest BCUT2D eigenvalue weighted by Gasteiger charge is 1.99. The van der Waals surface area contributed by atoms with Gasteiger partial charge in [-0.1, -0.05) is 0 Å². The quantitative estimate of drug-likeness (QED) is 0.664. The molecule has 0 aromatic carbocycles. The summed E-state index contributed by atoms with van der Waals surface area (Å²) in [4.78, 5) is 3.24. The molecule has 3 nitrogen and oxygen atoms in total. The van der Waals surface area contributed by atoms with E-state index in [1.54, 1.807) is 18.8 Å². The molecule has 0 saturated heterocycles. The van der Waals surface area contributed by atoms with Gasteiger partial charge in [0.05, 0.1) is 18.2 Å². The van der Waals surface area contributed by atoms with Gasteiger partial charge >= 0.3 is 0 Å². The Morgan fingerprint density at radius 1 is 1.36 bits per heavy atom. The molecule has 2 aromatic heterocycles. The molecule has 11 heavy (non-hydrogen) atoms. The molecule has 0 aliphatic rings. The highest BCUT2D eigenvalue weighted by Crippen LogP contribution is 2.16. The van der Waals surface area contributed by atoms with Crippen LogP contribution in [0.2, 0.25) is 0 Å². The summed E-state index contributed by atoms with van der Waals surface area (Å²) in [5, 5.41) is 0. The lowest BCUT2D eigenvalue weighted by atomic mass is 10.3. The van der Waals surface area contributed by atoms with E-state index in [4.69, 9.17) is 21.1 Å². The molecule has 0 unspecified atom stereocenters. The Kier molecular flexibility index (Phi) is 1.40. The van der Waals surface area contributed by atoms with E-state index in [2.05, 4.69) is 4.98 Å². The molecule has 0 amide bonds. The third-order valence-corrected chi connectivity index (χ3v) is 1.55. The van der Waals surface area contributed by atoms with Crippen LogP contribution in [-0.4, -0.2) is 4.98 Å². The van der Waals surface area contributed by atoms with Crippen LogP contribution < -0.4 is 0 Å². The van der Waals surface area contributed by atoms with Gasteiger partial charge in [0.15, 0.2) is 0 Å². The number of hydrogen-bond acceptors (Lipinski definition) is 3. The van der Waals surface area contributed by atoms with Gasteiger partial charge in [0.25, 0.3) is 4.84 Å². The fourth-order valence-corrected chi connectivity index (χ4v) is 0.997. The van der Waals surface area contributed by atoms with Crippen LogP contribution in [-0.2, 0) is 0 Å². The number of nitrogens with one attached hydrogen (secondary N) is 1. The first kappa shape index (κ1) is 6.42. The van der Waals surface area contributed by atoms with E-state index in [0.29, 0.717) is 4.84 Å². The molecule has 0 radical (unpaired) electrons. The van der Waals surface area contributed by atoms with E-state index in [1.807, 2.05) is 6.07 Å². The Balaban J connectivity index is 2.53. The van der Waals surface area contributed by atoms with Crippen LogP contribution in [0, 0.1) is 4.84 Å². The summed E-state index contributed by atoms with van der Waals surface area (Å²) in [5.74, 6) is 0. The number of oxazole rings is 1. The molecular weight excluding hydrogens is 162 g/mol. The predicted molar refractivity (Wildman–Crippen MR) is 41.6 cm³/mol. The summed E-state index contributed by atoms with van der Waals surface area (Å²) in [5.41, 5.74) is 1.77. The average Bonchev–Trinajstić information content (AvgIpc) is 2.55. The summed E-state index contributed by atoms with van der Waals surface area (Å²) in [6, 6.07) is 1.83. The lowest BCUT2D eigenvalue weighted by Crippen LogP contribution is -1.69. The van der Waals surface area contributed by atoms with Crippen molar-refractivity contribution < 1.29 is 8.83 Å². The molecule has 0 aliphatic carbocycles. The molecular formula is C7H5NO2S. The second kappa shape index (κ2) is 2.39. The second-order valence-electron chi connectivity index (χ2n) is 2.07. The van der Waals surface area contributed by atoms with E-state index >= 15 is 0 Å². The van der Waals surface area contributed by atoms with Gasteiger partial charge in [0, 0.05) is 5.56 Å². The normalized spacial score (nSPS) is 10.2. The van der Waals surface area contributed by atoms with Gasteiger partial charge in [-0.15, -0.1) is 0 Å². The molecule has 0 fully saturated rings.